The van der Waals surface area contributed by atoms with Crippen molar-refractivity contribution in [3.63, 3.8) is 0 Å². The third-order valence-electron chi connectivity index (χ3n) is 7.93. The highest BCUT2D eigenvalue weighted by molar-refractivity contribution is 5.38. The fourth-order valence-corrected chi connectivity index (χ4v) is 6.03. The van der Waals surface area contributed by atoms with Crippen molar-refractivity contribution in [2.75, 3.05) is 6.61 Å². The Labute approximate surface area is 191 Å². The first kappa shape index (κ1) is 21.9. The largest absolute Gasteiger partial charge is 0.490 e. The molecule has 172 valence electrons. The highest BCUT2D eigenvalue weighted by Crippen LogP contribution is 2.54. The molecule has 1 saturated heterocycles. The van der Waals surface area contributed by atoms with E-state index in [0.717, 1.165) is 17.7 Å². The molecule has 0 aromatic heterocycles. The first-order valence-corrected chi connectivity index (χ1v) is 12.3. The van der Waals surface area contributed by atoms with Gasteiger partial charge in [0.15, 0.2) is 0 Å². The second kappa shape index (κ2) is 9.17. The predicted molar refractivity (Wildman–Crippen MR) is 125 cm³/mol. The van der Waals surface area contributed by atoms with E-state index >= 15 is 0 Å². The van der Waals surface area contributed by atoms with Gasteiger partial charge in [-0.05, 0) is 78.8 Å². The van der Waals surface area contributed by atoms with E-state index < -0.39 is 6.10 Å². The lowest BCUT2D eigenvalue weighted by atomic mass is 9.65. The van der Waals surface area contributed by atoms with Crippen LogP contribution in [0.4, 0.5) is 0 Å². The summed E-state index contributed by atoms with van der Waals surface area (Å²) in [4.78, 5) is 0. The fourth-order valence-electron chi connectivity index (χ4n) is 6.03. The molecule has 2 N–H and O–H groups in total. The molecule has 3 aliphatic rings. The van der Waals surface area contributed by atoms with E-state index in [2.05, 4.69) is 49.4 Å². The van der Waals surface area contributed by atoms with Crippen molar-refractivity contribution in [1.82, 2.24) is 0 Å². The summed E-state index contributed by atoms with van der Waals surface area (Å²) in [5, 5.41) is 19.6. The molecule has 4 nitrogen and oxygen atoms in total. The van der Waals surface area contributed by atoms with E-state index in [9.17, 15) is 10.2 Å². The Morgan fingerprint density at radius 2 is 1.78 bits per heavy atom. The molecular weight excluding hydrogens is 400 g/mol. The Morgan fingerprint density at radius 1 is 1.03 bits per heavy atom. The van der Waals surface area contributed by atoms with Crippen LogP contribution in [0.15, 0.2) is 42.5 Å². The van der Waals surface area contributed by atoms with Gasteiger partial charge < -0.3 is 19.7 Å². The van der Waals surface area contributed by atoms with Crippen molar-refractivity contribution < 1.29 is 19.7 Å². The van der Waals surface area contributed by atoms with Crippen molar-refractivity contribution >= 4 is 0 Å². The van der Waals surface area contributed by atoms with Crippen LogP contribution >= 0.6 is 0 Å². The van der Waals surface area contributed by atoms with Crippen molar-refractivity contribution in [2.45, 2.75) is 89.1 Å². The lowest BCUT2D eigenvalue weighted by molar-refractivity contribution is -0.113. The summed E-state index contributed by atoms with van der Waals surface area (Å²) >= 11 is 0. The SMILES string of the molecule is Cc1ccc(C2CC(O)CC(CO)O2)cc1Cc1ccc(OC2CC3(CCCC3)C2)cc1. The molecule has 3 unspecified atom stereocenters. The standard InChI is InChI=1S/C28H36O4/c1-19-4-7-21(27-15-23(30)14-25(18-29)32-27)13-22(19)12-20-5-8-24(9-6-20)31-26-16-28(17-26)10-2-3-11-28/h4-9,13,23,25-27,29-30H,2-3,10-12,14-18H2,1H3. The van der Waals surface area contributed by atoms with Crippen molar-refractivity contribution in [1.29, 1.82) is 0 Å². The molecule has 2 aliphatic carbocycles. The maximum Gasteiger partial charge on any atom is 0.119 e. The molecule has 32 heavy (non-hydrogen) atoms. The summed E-state index contributed by atoms with van der Waals surface area (Å²) in [6.45, 7) is 2.09. The summed E-state index contributed by atoms with van der Waals surface area (Å²) in [6.07, 6.45) is 9.50. The van der Waals surface area contributed by atoms with Gasteiger partial charge in [0.1, 0.15) is 5.75 Å². The molecule has 3 fully saturated rings. The Kier molecular flexibility index (Phi) is 6.28. The van der Waals surface area contributed by atoms with E-state index in [-0.39, 0.29) is 18.8 Å². The first-order chi connectivity index (χ1) is 15.5. The second-order valence-corrected chi connectivity index (χ2v) is 10.4. The molecule has 0 amide bonds. The highest BCUT2D eigenvalue weighted by Gasteiger charge is 2.46. The lowest BCUT2D eigenvalue weighted by Crippen LogP contribution is -2.42. The van der Waals surface area contributed by atoms with Gasteiger partial charge in [0.2, 0.25) is 0 Å². The average molecular weight is 437 g/mol. The summed E-state index contributed by atoms with van der Waals surface area (Å²) in [5.41, 5.74) is 5.47. The van der Waals surface area contributed by atoms with E-state index in [1.807, 2.05) is 0 Å². The number of hydrogen-bond acceptors (Lipinski definition) is 4. The van der Waals surface area contributed by atoms with Crippen LogP contribution in [0.3, 0.4) is 0 Å². The molecule has 1 spiro atoms. The van der Waals surface area contributed by atoms with Crippen molar-refractivity contribution in [2.24, 2.45) is 5.41 Å². The van der Waals surface area contributed by atoms with Crippen LogP contribution in [0, 0.1) is 12.3 Å². The van der Waals surface area contributed by atoms with Crippen LogP contribution in [-0.2, 0) is 11.2 Å². The monoisotopic (exact) mass is 436 g/mol. The van der Waals surface area contributed by atoms with Gasteiger partial charge in [-0.2, -0.15) is 0 Å². The molecule has 2 saturated carbocycles. The zero-order valence-electron chi connectivity index (χ0n) is 19.1. The summed E-state index contributed by atoms with van der Waals surface area (Å²) < 4.78 is 12.2. The third kappa shape index (κ3) is 4.73. The molecule has 2 aromatic carbocycles. The molecular formula is C28H36O4. The Bertz CT molecular complexity index is 908. The number of benzene rings is 2. The molecule has 1 heterocycles. The molecule has 4 heteroatoms. The van der Waals surface area contributed by atoms with E-state index in [0.29, 0.717) is 24.4 Å². The van der Waals surface area contributed by atoms with Crippen molar-refractivity contribution in [3.05, 3.63) is 64.7 Å². The zero-order valence-corrected chi connectivity index (χ0v) is 19.1. The maximum atomic E-state index is 10.2. The minimum absolute atomic E-state index is 0.0530. The number of aliphatic hydroxyl groups is 2. The van der Waals surface area contributed by atoms with Gasteiger partial charge in [0.25, 0.3) is 0 Å². The van der Waals surface area contributed by atoms with Gasteiger partial charge in [0.05, 0.1) is 31.0 Å². The van der Waals surface area contributed by atoms with Crippen molar-refractivity contribution in [3.8, 4) is 5.75 Å². The van der Waals surface area contributed by atoms with E-state index in [1.165, 1.54) is 55.2 Å². The first-order valence-electron chi connectivity index (χ1n) is 12.3. The van der Waals surface area contributed by atoms with Crippen LogP contribution < -0.4 is 4.74 Å². The van der Waals surface area contributed by atoms with Crippen LogP contribution in [0.2, 0.25) is 0 Å². The van der Waals surface area contributed by atoms with Crippen LogP contribution in [0.5, 0.6) is 5.75 Å². The zero-order chi connectivity index (χ0) is 22.1. The normalized spacial score (nSPS) is 27.4. The lowest BCUT2D eigenvalue weighted by Gasteiger charge is -2.45. The number of aryl methyl sites for hydroxylation is 1. The summed E-state index contributed by atoms with van der Waals surface area (Å²) in [6, 6.07) is 15.0. The number of ether oxygens (including phenoxy) is 2. The minimum Gasteiger partial charge on any atom is -0.490 e. The fraction of sp³-hybridized carbons (Fsp3) is 0.571. The van der Waals surface area contributed by atoms with Crippen LogP contribution in [-0.4, -0.2) is 35.1 Å². The predicted octanol–water partition coefficient (Wildman–Crippen LogP) is 5.26. The van der Waals surface area contributed by atoms with Crippen LogP contribution in [0.25, 0.3) is 0 Å². The van der Waals surface area contributed by atoms with Gasteiger partial charge in [-0.1, -0.05) is 43.2 Å². The Hall–Kier alpha value is -1.88. The quantitative estimate of drug-likeness (QED) is 0.648. The Balaban J connectivity index is 1.21. The second-order valence-electron chi connectivity index (χ2n) is 10.4. The highest BCUT2D eigenvalue weighted by atomic mass is 16.5. The summed E-state index contributed by atoms with van der Waals surface area (Å²) in [7, 11) is 0. The molecule has 0 bridgehead atoms. The molecule has 0 radical (unpaired) electrons. The van der Waals surface area contributed by atoms with Gasteiger partial charge >= 0.3 is 0 Å². The molecule has 1 aliphatic heterocycles. The Morgan fingerprint density at radius 3 is 2.50 bits per heavy atom. The van der Waals surface area contributed by atoms with E-state index in [1.54, 1.807) is 0 Å². The van der Waals surface area contributed by atoms with Gasteiger partial charge in [-0.15, -0.1) is 0 Å². The van der Waals surface area contributed by atoms with Gasteiger partial charge in [-0.3, -0.25) is 0 Å². The van der Waals surface area contributed by atoms with E-state index in [4.69, 9.17) is 9.47 Å². The summed E-state index contributed by atoms with van der Waals surface area (Å²) in [5.74, 6) is 0.983. The maximum absolute atomic E-state index is 10.2. The molecule has 5 rings (SSSR count). The van der Waals surface area contributed by atoms with Gasteiger partial charge in [0, 0.05) is 12.8 Å². The smallest absolute Gasteiger partial charge is 0.119 e. The number of rotatable bonds is 6. The average Bonchev–Trinajstić information content (AvgIpc) is 3.26. The topological polar surface area (TPSA) is 58.9 Å². The minimum atomic E-state index is -0.428. The third-order valence-corrected chi connectivity index (χ3v) is 7.93. The molecule has 2 aromatic rings. The van der Waals surface area contributed by atoms with Crippen LogP contribution in [0.1, 0.15) is 79.7 Å². The number of hydrogen-bond donors (Lipinski definition) is 2. The molecule has 3 atom stereocenters. The van der Waals surface area contributed by atoms with Gasteiger partial charge in [-0.25, -0.2) is 0 Å². The number of aliphatic hydroxyl groups excluding tert-OH is 2.